The third-order valence-corrected chi connectivity index (χ3v) is 1.71. The molecule has 5 heteroatoms. The number of rotatable bonds is 6. The van der Waals surface area contributed by atoms with Crippen LogP contribution in [0.2, 0.25) is 0 Å². The van der Waals surface area contributed by atoms with Gasteiger partial charge in [-0.25, -0.2) is 8.78 Å². The van der Waals surface area contributed by atoms with Crippen molar-refractivity contribution in [3.8, 4) is 0 Å². The van der Waals surface area contributed by atoms with Crippen molar-refractivity contribution in [1.29, 1.82) is 0 Å². The average molecular weight is 211 g/mol. The van der Waals surface area contributed by atoms with Crippen molar-refractivity contribution in [2.45, 2.75) is 31.7 Å². The molecule has 0 radical (unpaired) electrons. The SMILES string of the molecule is CC(N)C=CCC(P)OCC(F)F. The van der Waals surface area contributed by atoms with Gasteiger partial charge in [-0.05, 0) is 13.3 Å². The van der Waals surface area contributed by atoms with Crippen molar-refractivity contribution < 1.29 is 13.5 Å². The molecule has 0 aromatic rings. The van der Waals surface area contributed by atoms with Crippen LogP contribution in [-0.4, -0.2) is 24.9 Å². The van der Waals surface area contributed by atoms with Crippen molar-refractivity contribution in [1.82, 2.24) is 0 Å². The highest BCUT2D eigenvalue weighted by atomic mass is 31.0. The molecule has 3 unspecified atom stereocenters. The Morgan fingerprint density at radius 2 is 2.15 bits per heavy atom. The van der Waals surface area contributed by atoms with Gasteiger partial charge in [0.25, 0.3) is 6.43 Å². The first-order valence-corrected chi connectivity index (χ1v) is 4.76. The smallest absolute Gasteiger partial charge is 0.261 e. The summed E-state index contributed by atoms with van der Waals surface area (Å²) in [6.45, 7) is 1.33. The Hall–Kier alpha value is -0.0500. The van der Waals surface area contributed by atoms with Gasteiger partial charge < -0.3 is 10.5 Å². The monoisotopic (exact) mass is 211 g/mol. The molecule has 0 aromatic carbocycles. The Balaban J connectivity index is 3.45. The normalized spacial score (nSPS) is 16.8. The molecule has 13 heavy (non-hydrogen) atoms. The largest absolute Gasteiger partial charge is 0.368 e. The van der Waals surface area contributed by atoms with Crippen LogP contribution in [0.4, 0.5) is 8.78 Å². The minimum atomic E-state index is -2.40. The first-order valence-electron chi connectivity index (χ1n) is 4.10. The van der Waals surface area contributed by atoms with Crippen LogP contribution in [0.1, 0.15) is 13.3 Å². The lowest BCUT2D eigenvalue weighted by Gasteiger charge is -2.09. The second-order valence-electron chi connectivity index (χ2n) is 2.79. The molecule has 0 saturated carbocycles. The molecular formula is C8H16F2NOP. The molecule has 0 fully saturated rings. The van der Waals surface area contributed by atoms with Crippen molar-refractivity contribution in [2.24, 2.45) is 5.73 Å². The molecule has 0 amide bonds. The van der Waals surface area contributed by atoms with Gasteiger partial charge in [0, 0.05) is 6.04 Å². The zero-order chi connectivity index (χ0) is 10.3. The average Bonchev–Trinajstić information content (AvgIpc) is 2.00. The second-order valence-corrected chi connectivity index (χ2v) is 3.53. The first-order chi connectivity index (χ1) is 6.02. The van der Waals surface area contributed by atoms with Gasteiger partial charge in [0.2, 0.25) is 0 Å². The molecule has 0 aromatic heterocycles. The molecule has 78 valence electrons. The van der Waals surface area contributed by atoms with E-state index in [4.69, 9.17) is 10.5 Å². The number of ether oxygens (including phenoxy) is 1. The molecule has 0 bridgehead atoms. The standard InChI is InChI=1S/C8H16F2NOP/c1-6(11)3-2-4-8(13)12-5-7(9)10/h2-3,6-8H,4-5,11,13H2,1H3. The second kappa shape index (κ2) is 7.36. The van der Waals surface area contributed by atoms with Gasteiger partial charge in [-0.3, -0.25) is 0 Å². The number of nitrogens with two attached hydrogens (primary N) is 1. The molecule has 0 aliphatic heterocycles. The highest BCUT2D eigenvalue weighted by Gasteiger charge is 2.05. The number of hydrogen-bond donors (Lipinski definition) is 1. The molecule has 2 N–H and O–H groups in total. The molecule has 0 rings (SSSR count). The summed E-state index contributed by atoms with van der Waals surface area (Å²) in [5.41, 5.74) is 5.45. The van der Waals surface area contributed by atoms with Crippen LogP contribution >= 0.6 is 9.24 Å². The van der Waals surface area contributed by atoms with E-state index in [-0.39, 0.29) is 11.9 Å². The van der Waals surface area contributed by atoms with E-state index in [2.05, 4.69) is 9.24 Å². The van der Waals surface area contributed by atoms with Crippen LogP contribution in [0, 0.1) is 0 Å². The Labute approximate surface area is 79.7 Å². The molecule has 0 heterocycles. The molecule has 0 spiro atoms. The molecule has 2 nitrogen and oxygen atoms in total. The van der Waals surface area contributed by atoms with Gasteiger partial charge in [-0.15, -0.1) is 9.24 Å². The maximum Gasteiger partial charge on any atom is 0.261 e. The summed E-state index contributed by atoms with van der Waals surface area (Å²) < 4.78 is 28.2. The van der Waals surface area contributed by atoms with E-state index in [0.717, 1.165) is 0 Å². The van der Waals surface area contributed by atoms with E-state index in [0.29, 0.717) is 6.42 Å². The predicted octanol–water partition coefficient (Wildman–Crippen LogP) is 1.76. The van der Waals surface area contributed by atoms with Gasteiger partial charge in [0.15, 0.2) is 0 Å². The van der Waals surface area contributed by atoms with Gasteiger partial charge in [0.05, 0.1) is 5.85 Å². The minimum Gasteiger partial charge on any atom is -0.368 e. The van der Waals surface area contributed by atoms with Gasteiger partial charge in [-0.2, -0.15) is 0 Å². The lowest BCUT2D eigenvalue weighted by molar-refractivity contribution is 0.00741. The van der Waals surface area contributed by atoms with E-state index in [9.17, 15) is 8.78 Å². The third-order valence-electron chi connectivity index (χ3n) is 1.24. The Kier molecular flexibility index (Phi) is 7.33. The quantitative estimate of drug-likeness (QED) is 0.536. The van der Waals surface area contributed by atoms with Gasteiger partial charge in [-0.1, -0.05) is 12.2 Å². The lowest BCUT2D eigenvalue weighted by Crippen LogP contribution is -2.12. The summed E-state index contributed by atoms with van der Waals surface area (Å²) in [5.74, 6) is -0.260. The lowest BCUT2D eigenvalue weighted by atomic mass is 10.3. The molecule has 0 saturated heterocycles. The van der Waals surface area contributed by atoms with Crippen molar-refractivity contribution in [3.63, 3.8) is 0 Å². The van der Waals surface area contributed by atoms with Crippen LogP contribution in [0.15, 0.2) is 12.2 Å². The van der Waals surface area contributed by atoms with Crippen LogP contribution in [0.5, 0.6) is 0 Å². The summed E-state index contributed by atoms with van der Waals surface area (Å²) in [4.78, 5) is 0. The highest BCUT2D eigenvalue weighted by molar-refractivity contribution is 7.17. The van der Waals surface area contributed by atoms with E-state index >= 15 is 0 Å². The van der Waals surface area contributed by atoms with E-state index in [1.807, 2.05) is 19.1 Å². The zero-order valence-electron chi connectivity index (χ0n) is 7.62. The van der Waals surface area contributed by atoms with Crippen LogP contribution in [0.3, 0.4) is 0 Å². The fraction of sp³-hybridized carbons (Fsp3) is 0.750. The van der Waals surface area contributed by atoms with E-state index < -0.39 is 13.0 Å². The molecule has 0 aliphatic carbocycles. The number of alkyl halides is 2. The van der Waals surface area contributed by atoms with Crippen LogP contribution < -0.4 is 5.73 Å². The predicted molar refractivity (Wildman–Crippen MR) is 52.9 cm³/mol. The topological polar surface area (TPSA) is 35.2 Å². The van der Waals surface area contributed by atoms with Gasteiger partial charge >= 0.3 is 0 Å². The number of halogens is 2. The molecule has 0 aliphatic rings. The Bertz CT molecular complexity index is 153. The summed E-state index contributed by atoms with van der Waals surface area (Å²) >= 11 is 0. The van der Waals surface area contributed by atoms with Crippen LogP contribution in [0.25, 0.3) is 0 Å². The number of hydrogen-bond acceptors (Lipinski definition) is 2. The Morgan fingerprint density at radius 3 is 2.62 bits per heavy atom. The van der Waals surface area contributed by atoms with Crippen molar-refractivity contribution in [3.05, 3.63) is 12.2 Å². The summed E-state index contributed by atoms with van der Waals surface area (Å²) in [7, 11) is 2.36. The minimum absolute atomic E-state index is 0.00713. The summed E-state index contributed by atoms with van der Waals surface area (Å²) in [5, 5.41) is 0. The van der Waals surface area contributed by atoms with Crippen molar-refractivity contribution in [2.75, 3.05) is 6.61 Å². The molecule has 3 atom stereocenters. The van der Waals surface area contributed by atoms with Crippen LogP contribution in [-0.2, 0) is 4.74 Å². The maximum absolute atomic E-state index is 11.7. The highest BCUT2D eigenvalue weighted by Crippen LogP contribution is 2.09. The first kappa shape index (κ1) is 12.9. The third kappa shape index (κ3) is 9.87. The maximum atomic E-state index is 11.7. The molecular weight excluding hydrogens is 195 g/mol. The van der Waals surface area contributed by atoms with Gasteiger partial charge in [0.1, 0.15) is 6.61 Å². The Morgan fingerprint density at radius 1 is 1.54 bits per heavy atom. The zero-order valence-corrected chi connectivity index (χ0v) is 8.77. The summed E-state index contributed by atoms with van der Waals surface area (Å²) in [6, 6.07) is -0.00713. The van der Waals surface area contributed by atoms with Crippen molar-refractivity contribution >= 4 is 9.24 Å². The fourth-order valence-corrected chi connectivity index (χ4v) is 0.960. The fourth-order valence-electron chi connectivity index (χ4n) is 0.692. The summed E-state index contributed by atoms with van der Waals surface area (Å²) in [6.07, 6.45) is 1.82. The van der Waals surface area contributed by atoms with E-state index in [1.165, 1.54) is 0 Å². The van der Waals surface area contributed by atoms with E-state index in [1.54, 1.807) is 0 Å².